The zero-order chi connectivity index (χ0) is 11.7. The number of aliphatic hydroxyl groups is 2. The van der Waals surface area contributed by atoms with Crippen molar-refractivity contribution in [2.24, 2.45) is 0 Å². The molecule has 7 nitrogen and oxygen atoms in total. The number of aromatic nitrogens is 2. The van der Waals surface area contributed by atoms with Crippen LogP contribution in [-0.2, 0) is 4.74 Å². The van der Waals surface area contributed by atoms with Gasteiger partial charge in [0.1, 0.15) is 18.1 Å². The molecule has 0 saturated carbocycles. The lowest BCUT2D eigenvalue weighted by atomic mass is 10.2. The van der Waals surface area contributed by atoms with Gasteiger partial charge in [0.15, 0.2) is 0 Å². The maximum Gasteiger partial charge on any atom is 0.351 e. The zero-order valence-electron chi connectivity index (χ0n) is 8.48. The third-order valence-electron chi connectivity index (χ3n) is 2.55. The summed E-state index contributed by atoms with van der Waals surface area (Å²) in [7, 11) is 0. The predicted molar refractivity (Wildman–Crippen MR) is 54.5 cm³/mol. The summed E-state index contributed by atoms with van der Waals surface area (Å²) in [5.41, 5.74) is 4.82. The topological polar surface area (TPSA) is 111 Å². The molecule has 0 bridgehead atoms. The molecule has 1 aliphatic rings. The molecule has 3 atom stereocenters. The number of nitrogen functional groups attached to an aromatic ring is 1. The Kier molecular flexibility index (Phi) is 2.90. The SMILES string of the molecule is Nc1cc[15n]([C@@H]2C[C@H](O)[C@H](CO)O2)[13c](=O)[15n]1. The summed E-state index contributed by atoms with van der Waals surface area (Å²) in [4.78, 5) is 15.0. The molecule has 0 unspecified atom stereocenters. The number of hydrogen-bond donors (Lipinski definition) is 3. The Labute approximate surface area is 91.1 Å². The van der Waals surface area contributed by atoms with Crippen molar-refractivity contribution in [3.05, 3.63) is 22.7 Å². The normalized spacial score (nSPS) is 29.5. The number of aliphatic hydroxyl groups excluding tert-OH is 2. The first-order valence-corrected chi connectivity index (χ1v) is 4.91. The van der Waals surface area contributed by atoms with Crippen LogP contribution >= 0.6 is 0 Å². The molecule has 0 radical (unpaired) electrons. The van der Waals surface area contributed by atoms with Crippen molar-refractivity contribution in [2.75, 3.05) is 12.3 Å². The second kappa shape index (κ2) is 4.20. The van der Waals surface area contributed by atoms with E-state index >= 15 is 0 Å². The van der Waals surface area contributed by atoms with E-state index in [1.807, 2.05) is 0 Å². The van der Waals surface area contributed by atoms with Crippen LogP contribution in [0.5, 0.6) is 0 Å². The molecule has 0 aliphatic carbocycles. The molecule has 0 spiro atoms. The van der Waals surface area contributed by atoms with Crippen molar-refractivity contribution in [3.63, 3.8) is 0 Å². The summed E-state index contributed by atoms with van der Waals surface area (Å²) in [5, 5.41) is 18.4. The minimum absolute atomic E-state index is 0.138. The number of nitrogens with zero attached hydrogens (tertiary/aromatic N) is 2. The van der Waals surface area contributed by atoms with E-state index in [9.17, 15) is 9.90 Å². The largest absolute Gasteiger partial charge is 0.394 e. The zero-order valence-corrected chi connectivity index (χ0v) is 8.48. The fraction of sp³-hybridized carbons (Fsp3) is 0.556. The van der Waals surface area contributed by atoms with Crippen molar-refractivity contribution in [1.29, 1.82) is 0 Å². The fourth-order valence-corrected chi connectivity index (χ4v) is 1.70. The molecule has 1 saturated heterocycles. The van der Waals surface area contributed by atoms with Gasteiger partial charge in [0, 0.05) is 12.6 Å². The molecule has 2 heterocycles. The summed E-state index contributed by atoms with van der Waals surface area (Å²) in [6.07, 6.45) is -0.333. The third-order valence-corrected chi connectivity index (χ3v) is 2.55. The Morgan fingerprint density at radius 2 is 2.44 bits per heavy atom. The smallest absolute Gasteiger partial charge is 0.351 e. The van der Waals surface area contributed by atoms with E-state index in [1.165, 1.54) is 16.8 Å². The first-order valence-electron chi connectivity index (χ1n) is 4.91. The lowest BCUT2D eigenvalue weighted by Crippen LogP contribution is -2.27. The Balaban J connectivity index is 2.23. The van der Waals surface area contributed by atoms with Crippen molar-refractivity contribution in [2.45, 2.75) is 24.9 Å². The van der Waals surface area contributed by atoms with Crippen molar-refractivity contribution in [1.82, 2.24) is 9.55 Å². The molecule has 16 heavy (non-hydrogen) atoms. The van der Waals surface area contributed by atoms with Crippen LogP contribution in [0.15, 0.2) is 17.1 Å². The van der Waals surface area contributed by atoms with Crippen LogP contribution < -0.4 is 11.4 Å². The van der Waals surface area contributed by atoms with Crippen LogP contribution in [-0.4, -0.2) is 38.6 Å². The second-order valence-corrected chi connectivity index (χ2v) is 3.66. The lowest BCUT2D eigenvalue weighted by molar-refractivity contribution is -0.0458. The maximum absolute atomic E-state index is 11.5. The average molecular weight is 230 g/mol. The van der Waals surface area contributed by atoms with Crippen molar-refractivity contribution in [3.8, 4) is 0 Å². The molecule has 2 rings (SSSR count). The third kappa shape index (κ3) is 1.92. The van der Waals surface area contributed by atoms with Crippen LogP contribution in [0.1, 0.15) is 12.6 Å². The van der Waals surface area contributed by atoms with Gasteiger partial charge in [0.2, 0.25) is 0 Å². The maximum atomic E-state index is 11.5. The molecule has 7 heteroatoms. The van der Waals surface area contributed by atoms with E-state index in [-0.39, 0.29) is 18.8 Å². The summed E-state index contributed by atoms with van der Waals surface area (Å²) in [6.45, 7) is -0.283. The molecule has 4 N–H and O–H groups in total. The quantitative estimate of drug-likeness (QED) is 0.568. The molecule has 88 valence electrons. The number of hydrogen-bond acceptors (Lipinski definition) is 6. The highest BCUT2D eigenvalue weighted by molar-refractivity contribution is 5.23. The number of ether oxygens (including phenoxy) is 1. The minimum atomic E-state index is -0.778. The van der Waals surface area contributed by atoms with Gasteiger partial charge in [-0.15, -0.1) is 0 Å². The van der Waals surface area contributed by atoms with Crippen LogP contribution in [0, 0.1) is 0 Å². The monoisotopic (exact) mass is 230 g/mol. The Morgan fingerprint density at radius 1 is 1.69 bits per heavy atom. The molecular formula is C9H13N3O4. The summed E-state index contributed by atoms with van der Waals surface area (Å²) in [5.74, 6) is 0.138. The molecular weight excluding hydrogens is 217 g/mol. The highest BCUT2D eigenvalue weighted by atomic mass is 16.6. The number of rotatable bonds is 2. The summed E-state index contributed by atoms with van der Waals surface area (Å²) in [6, 6.07) is 1.48. The van der Waals surface area contributed by atoms with Gasteiger partial charge in [-0.05, 0) is 6.07 Å². The Morgan fingerprint density at radius 3 is 3.00 bits per heavy atom. The van der Waals surface area contributed by atoms with Gasteiger partial charge in [-0.3, -0.25) is 4.57 Å². The standard InChI is InChI=1S/C9H13N3O4/c10-7-1-2-12(9(15)11-7)8-3-5(14)6(4-13)16-8/h1-2,5-6,8,13-14H,3-4H2,(H2,10,11,15)/t5-,6-,8-/m0/s1/i9+1,11+1,12+1. The summed E-state index contributed by atoms with van der Waals surface area (Å²) >= 11 is 0. The second-order valence-electron chi connectivity index (χ2n) is 3.66. The van der Waals surface area contributed by atoms with E-state index in [0.717, 1.165) is 0 Å². The highest BCUT2D eigenvalue weighted by Gasteiger charge is 2.34. The number of nitrogens with two attached hydrogens (primary N) is 1. The Bertz CT molecular complexity index is 433. The van der Waals surface area contributed by atoms with Gasteiger partial charge in [0.25, 0.3) is 0 Å². The van der Waals surface area contributed by atoms with E-state index in [1.54, 1.807) is 0 Å². The van der Waals surface area contributed by atoms with Gasteiger partial charge >= 0.3 is 5.69 Å². The van der Waals surface area contributed by atoms with Crippen molar-refractivity contribution < 1.29 is 14.9 Å². The van der Waals surface area contributed by atoms with E-state index < -0.39 is 24.1 Å². The van der Waals surface area contributed by atoms with Gasteiger partial charge in [-0.2, -0.15) is 4.98 Å². The molecule has 1 fully saturated rings. The minimum Gasteiger partial charge on any atom is -0.394 e. The molecule has 1 aromatic heterocycles. The fourth-order valence-electron chi connectivity index (χ4n) is 1.70. The van der Waals surface area contributed by atoms with E-state index in [0.29, 0.717) is 0 Å². The van der Waals surface area contributed by atoms with E-state index in [2.05, 4.69) is 4.98 Å². The predicted octanol–water partition coefficient (Wildman–Crippen LogP) is -1.53. The Hall–Kier alpha value is -1.44. The van der Waals surface area contributed by atoms with Gasteiger partial charge in [0.05, 0.1) is 12.7 Å². The number of anilines is 1. The van der Waals surface area contributed by atoms with Gasteiger partial charge in [-0.25, -0.2) is 4.79 Å². The van der Waals surface area contributed by atoms with Gasteiger partial charge < -0.3 is 20.7 Å². The summed E-state index contributed by atoms with van der Waals surface area (Å²) < 4.78 is 6.56. The first-order chi connectivity index (χ1) is 7.61. The average Bonchev–Trinajstić information content (AvgIpc) is 2.59. The molecule has 0 aromatic carbocycles. The van der Waals surface area contributed by atoms with Crippen LogP contribution in [0.3, 0.4) is 0 Å². The lowest BCUT2D eigenvalue weighted by Gasteiger charge is -2.13. The highest BCUT2D eigenvalue weighted by Crippen LogP contribution is 2.27. The van der Waals surface area contributed by atoms with Crippen LogP contribution in [0.2, 0.25) is 0 Å². The molecule has 0 amide bonds. The van der Waals surface area contributed by atoms with Crippen LogP contribution in [0.25, 0.3) is 0 Å². The van der Waals surface area contributed by atoms with E-state index in [4.69, 9.17) is 15.6 Å². The van der Waals surface area contributed by atoms with Gasteiger partial charge in [-0.1, -0.05) is 0 Å². The first kappa shape index (κ1) is 11.1. The molecule has 1 aromatic rings. The molecule has 1 aliphatic heterocycles. The van der Waals surface area contributed by atoms with Crippen LogP contribution in [0.4, 0.5) is 5.82 Å². The van der Waals surface area contributed by atoms with Crippen molar-refractivity contribution >= 4 is 5.82 Å².